The van der Waals surface area contributed by atoms with Gasteiger partial charge in [0.2, 0.25) is 0 Å². The second kappa shape index (κ2) is 15.2. The number of furan rings is 1. The number of nitrogens with zero attached hydrogens (tertiary/aromatic N) is 2. The normalized spacial score (nSPS) is 15.8. The Balaban J connectivity index is 1.14. The monoisotopic (exact) mass is 978 g/mol. The van der Waals surface area contributed by atoms with E-state index in [1.54, 1.807) is 0 Å². The Morgan fingerprint density at radius 1 is 0.554 bits per heavy atom. The van der Waals surface area contributed by atoms with E-state index in [1.165, 1.54) is 59.1 Å². The number of anilines is 5. The molecule has 2 aromatic heterocycles. The second-order valence-corrected chi connectivity index (χ2v) is 24.6. The van der Waals surface area contributed by atoms with Gasteiger partial charge >= 0.3 is 6.85 Å². The smallest absolute Gasteiger partial charge is 0.333 e. The maximum atomic E-state index is 7.27. The van der Waals surface area contributed by atoms with Crippen LogP contribution in [0.15, 0.2) is 168 Å². The van der Waals surface area contributed by atoms with E-state index in [4.69, 9.17) is 13.9 Å². The van der Waals surface area contributed by atoms with Crippen LogP contribution >= 0.6 is 11.3 Å². The molecule has 5 nitrogen and oxygen atoms in total. The van der Waals surface area contributed by atoms with E-state index in [0.29, 0.717) is 23.0 Å². The average Bonchev–Trinajstić information content (AvgIpc) is 4.07. The highest BCUT2D eigenvalue weighted by Crippen LogP contribution is 2.58. The number of para-hydroxylation sites is 3. The number of ether oxygens (including phenoxy) is 2. The van der Waals surface area contributed by atoms with Gasteiger partial charge in [0.25, 0.3) is 0 Å². The lowest BCUT2D eigenvalue weighted by Gasteiger charge is -2.47. The zero-order chi connectivity index (χ0) is 50.2. The van der Waals surface area contributed by atoms with E-state index >= 15 is 0 Å². The number of fused-ring (bicyclic) bond motifs is 15. The van der Waals surface area contributed by atoms with Crippen LogP contribution in [0.5, 0.6) is 23.0 Å². The number of thiophene rings is 1. The van der Waals surface area contributed by atoms with Gasteiger partial charge in [-0.1, -0.05) is 146 Å². The average molecular weight is 979 g/mol. The summed E-state index contributed by atoms with van der Waals surface area (Å²) in [6.45, 7) is 18.6. The molecule has 0 radical (unpaired) electrons. The van der Waals surface area contributed by atoms with Crippen LogP contribution in [0.3, 0.4) is 0 Å². The molecule has 15 rings (SSSR count). The summed E-state index contributed by atoms with van der Waals surface area (Å²) in [6.07, 6.45) is 2.27. The van der Waals surface area contributed by atoms with Crippen molar-refractivity contribution in [1.82, 2.24) is 0 Å². The maximum absolute atomic E-state index is 7.27. The predicted octanol–water partition coefficient (Wildman–Crippen LogP) is 18.2. The van der Waals surface area contributed by atoms with E-state index in [1.807, 2.05) is 35.6 Å². The van der Waals surface area contributed by atoms with Crippen LogP contribution in [0, 0.1) is 6.92 Å². The Morgan fingerprint density at radius 3 is 1.99 bits per heavy atom. The summed E-state index contributed by atoms with van der Waals surface area (Å²) in [5.74, 6) is 2.80. The third-order valence-corrected chi connectivity index (χ3v) is 18.2. The highest BCUT2D eigenvalue weighted by Gasteiger charge is 2.49. The lowest BCUT2D eigenvalue weighted by molar-refractivity contribution is 0.332. The molecule has 0 N–H and O–H groups in total. The summed E-state index contributed by atoms with van der Waals surface area (Å²) in [4.78, 5) is 5.24. The van der Waals surface area contributed by atoms with E-state index < -0.39 is 0 Å². The van der Waals surface area contributed by atoms with Crippen molar-refractivity contribution in [3.8, 4) is 45.3 Å². The predicted molar refractivity (Wildman–Crippen MR) is 311 cm³/mol. The number of aryl methyl sites for hydroxylation is 1. The largest absolute Gasteiger partial charge is 0.454 e. The van der Waals surface area contributed by atoms with E-state index in [0.717, 1.165) is 79.7 Å². The summed E-state index contributed by atoms with van der Waals surface area (Å²) < 4.78 is 23.7. The molecule has 5 heterocycles. The Bertz CT molecular complexity index is 4230. The minimum Gasteiger partial charge on any atom is -0.454 e. The molecule has 0 spiro atoms. The Kier molecular flexibility index (Phi) is 8.99. The Morgan fingerprint density at radius 2 is 1.23 bits per heavy atom. The van der Waals surface area contributed by atoms with Crippen molar-refractivity contribution in [3.05, 3.63) is 186 Å². The van der Waals surface area contributed by atoms with Gasteiger partial charge in [-0.15, -0.1) is 11.3 Å². The molecule has 0 bridgehead atoms. The fourth-order valence-corrected chi connectivity index (χ4v) is 14.3. The zero-order valence-electron chi connectivity index (χ0n) is 43.1. The first kappa shape index (κ1) is 43.8. The van der Waals surface area contributed by atoms with Crippen molar-refractivity contribution < 1.29 is 13.9 Å². The molecule has 7 heteroatoms. The first-order valence-electron chi connectivity index (χ1n) is 26.2. The van der Waals surface area contributed by atoms with Crippen molar-refractivity contribution in [2.24, 2.45) is 0 Å². The van der Waals surface area contributed by atoms with Gasteiger partial charge < -0.3 is 23.6 Å². The van der Waals surface area contributed by atoms with E-state index in [-0.39, 0.29) is 23.1 Å². The number of hydrogen-bond donors (Lipinski definition) is 0. The van der Waals surface area contributed by atoms with Crippen LogP contribution in [-0.4, -0.2) is 6.85 Å². The molecule has 0 unspecified atom stereocenters. The number of benzene rings is 9. The maximum Gasteiger partial charge on any atom is 0.333 e. The lowest BCUT2D eigenvalue weighted by atomic mass is 9.43. The lowest BCUT2D eigenvalue weighted by Crippen LogP contribution is -2.61. The summed E-state index contributed by atoms with van der Waals surface area (Å²) in [7, 11) is 0. The molecule has 0 fully saturated rings. The summed E-state index contributed by atoms with van der Waals surface area (Å²) in [6, 6.07) is 60.5. The van der Waals surface area contributed by atoms with Gasteiger partial charge in [0.15, 0.2) is 28.6 Å². The van der Waals surface area contributed by atoms with Crippen LogP contribution in [0.2, 0.25) is 0 Å². The highest BCUT2D eigenvalue weighted by atomic mass is 32.1. The van der Waals surface area contributed by atoms with Gasteiger partial charge in [0.05, 0.1) is 5.69 Å². The molecule has 74 heavy (non-hydrogen) atoms. The molecule has 1 aliphatic carbocycles. The quantitative estimate of drug-likeness (QED) is 0.165. The molecule has 360 valence electrons. The summed E-state index contributed by atoms with van der Waals surface area (Å²) in [5.41, 5.74) is 19.7. The fourth-order valence-electron chi connectivity index (χ4n) is 13.0. The van der Waals surface area contributed by atoms with Crippen LogP contribution in [-0.2, 0) is 16.2 Å². The van der Waals surface area contributed by atoms with Crippen LogP contribution in [0.25, 0.3) is 64.4 Å². The van der Waals surface area contributed by atoms with Crippen LogP contribution < -0.4 is 30.1 Å². The number of rotatable bonds is 3. The molecule has 9 aromatic carbocycles. The van der Waals surface area contributed by atoms with Crippen molar-refractivity contribution >= 4 is 99.7 Å². The van der Waals surface area contributed by atoms with Gasteiger partial charge in [0.1, 0.15) is 5.58 Å². The third-order valence-electron chi connectivity index (χ3n) is 17.0. The minimum absolute atomic E-state index is 0.0152. The number of hydrogen-bond acceptors (Lipinski definition) is 6. The molecule has 0 atom stereocenters. The Hall–Kier alpha value is -7.74. The SMILES string of the molecule is Cc1cc2c(cc1N1c3cc4c(cc3B3c5c1cc1c(sc6ccccc61)c5-c1ccc5c(oc6ccccc65)c1N3c1ccc(C(C)(C)C)cc1-c1ccccc1)Oc1ccccc1O4)C(C)(C)CCC2(C)C. The first-order valence-corrected chi connectivity index (χ1v) is 27.0. The van der Waals surface area contributed by atoms with E-state index in [2.05, 4.69) is 205 Å². The Labute approximate surface area is 436 Å². The minimum atomic E-state index is -0.352. The molecule has 4 aliphatic rings. The molecular weight excluding hydrogens is 924 g/mol. The fraction of sp³-hybridized carbons (Fsp3) is 0.194. The molecule has 0 amide bonds. The molecule has 11 aromatic rings. The summed E-state index contributed by atoms with van der Waals surface area (Å²) in [5, 5.41) is 4.70. The van der Waals surface area contributed by atoms with Crippen molar-refractivity contribution in [2.45, 2.75) is 84.5 Å². The zero-order valence-corrected chi connectivity index (χ0v) is 43.9. The van der Waals surface area contributed by atoms with Gasteiger partial charge in [-0.05, 0) is 135 Å². The highest BCUT2D eigenvalue weighted by molar-refractivity contribution is 7.26. The summed E-state index contributed by atoms with van der Waals surface area (Å²) >= 11 is 1.90. The molecular formula is C67H55BN2O3S. The molecule has 0 saturated heterocycles. The van der Waals surface area contributed by atoms with Gasteiger partial charge in [-0.25, -0.2) is 0 Å². The second-order valence-electron chi connectivity index (χ2n) is 23.5. The van der Waals surface area contributed by atoms with Gasteiger partial charge in [-0.2, -0.15) is 0 Å². The van der Waals surface area contributed by atoms with E-state index in [9.17, 15) is 0 Å². The van der Waals surface area contributed by atoms with Crippen molar-refractivity contribution in [1.29, 1.82) is 0 Å². The van der Waals surface area contributed by atoms with Crippen LogP contribution in [0.4, 0.5) is 28.4 Å². The first-order chi connectivity index (χ1) is 35.7. The van der Waals surface area contributed by atoms with Gasteiger partial charge in [-0.3, -0.25) is 0 Å². The van der Waals surface area contributed by atoms with Gasteiger partial charge in [0, 0.05) is 76.5 Å². The molecule has 0 saturated carbocycles. The van der Waals surface area contributed by atoms with Crippen molar-refractivity contribution in [3.63, 3.8) is 0 Å². The topological polar surface area (TPSA) is 38.1 Å². The third kappa shape index (κ3) is 6.16. The standard InChI is InChI=1S/C67H55BN2O3S/c1-38-32-47-48(67(7,8)31-30-66(47,5)6)35-51(38)69-52-37-58-57(71-55-23-15-16-24-56(55)72-58)36-49(52)68-61-53(69)34-46-42-21-13-17-25-59(42)74-64(46)60(61)44-28-27-43-41-20-12-14-22-54(41)73-63(43)62(44)70(68)50-29-26-40(65(2,3)4)33-45(50)39-18-10-9-11-19-39/h9-29,32-37H,30-31H2,1-8H3. The molecule has 3 aliphatic heterocycles. The van der Waals surface area contributed by atoms with Crippen molar-refractivity contribution in [2.75, 3.05) is 9.71 Å². The van der Waals surface area contributed by atoms with Crippen LogP contribution in [0.1, 0.15) is 83.6 Å².